The zero-order valence-corrected chi connectivity index (χ0v) is 21.0. The van der Waals surface area contributed by atoms with E-state index in [9.17, 15) is 4.79 Å². The van der Waals surface area contributed by atoms with Crippen molar-refractivity contribution in [3.8, 4) is 0 Å². The molecular formula is C26H28BrN7O. The zero-order chi connectivity index (χ0) is 24.0. The molecule has 8 nitrogen and oxygen atoms in total. The number of carbonyl (C=O) groups excluding carboxylic acids is 1. The number of aromatic nitrogens is 4. The molecule has 0 radical (unpaired) electrons. The minimum atomic E-state index is -0.00725. The van der Waals surface area contributed by atoms with Crippen molar-refractivity contribution in [2.75, 3.05) is 25.0 Å². The Morgan fingerprint density at radius 2 is 1.97 bits per heavy atom. The minimum absolute atomic E-state index is 0.00725. The first-order valence-electron chi connectivity index (χ1n) is 11.9. The van der Waals surface area contributed by atoms with Gasteiger partial charge in [-0.1, -0.05) is 36.4 Å². The van der Waals surface area contributed by atoms with Gasteiger partial charge in [0.05, 0.1) is 16.4 Å². The molecule has 0 saturated carbocycles. The summed E-state index contributed by atoms with van der Waals surface area (Å²) in [7, 11) is 0. The Hall–Kier alpha value is -3.46. The molecule has 5 rings (SSSR count). The van der Waals surface area contributed by atoms with Gasteiger partial charge in [-0.3, -0.25) is 4.98 Å². The Balaban J connectivity index is 1.28. The first-order chi connectivity index (χ1) is 17.2. The Kier molecular flexibility index (Phi) is 7.23. The van der Waals surface area contributed by atoms with Gasteiger partial charge in [0.2, 0.25) is 0 Å². The molecule has 4 heterocycles. The highest BCUT2D eigenvalue weighted by Gasteiger charge is 2.27. The largest absolute Gasteiger partial charge is 0.366 e. The van der Waals surface area contributed by atoms with E-state index < -0.39 is 0 Å². The first-order valence-corrected chi connectivity index (χ1v) is 12.7. The fourth-order valence-corrected chi connectivity index (χ4v) is 4.81. The number of amides is 2. The van der Waals surface area contributed by atoms with Crippen molar-refractivity contribution >= 4 is 33.4 Å². The number of anilines is 1. The molecular weight excluding hydrogens is 506 g/mol. The van der Waals surface area contributed by atoms with Crippen molar-refractivity contribution in [2.24, 2.45) is 0 Å². The van der Waals surface area contributed by atoms with Crippen molar-refractivity contribution in [3.05, 3.63) is 88.4 Å². The van der Waals surface area contributed by atoms with Gasteiger partial charge in [0.15, 0.2) is 5.65 Å². The molecule has 1 unspecified atom stereocenters. The summed E-state index contributed by atoms with van der Waals surface area (Å²) in [5.74, 6) is 1.03. The molecule has 0 spiro atoms. The molecule has 4 aromatic rings. The quantitative estimate of drug-likeness (QED) is 0.361. The van der Waals surface area contributed by atoms with Crippen LogP contribution in [0.1, 0.15) is 35.6 Å². The molecule has 2 amide bonds. The molecule has 0 bridgehead atoms. The number of nitrogens with one attached hydrogen (secondary N) is 2. The van der Waals surface area contributed by atoms with Crippen molar-refractivity contribution < 1.29 is 4.79 Å². The van der Waals surface area contributed by atoms with Gasteiger partial charge >= 0.3 is 6.03 Å². The van der Waals surface area contributed by atoms with Gasteiger partial charge in [0, 0.05) is 50.6 Å². The number of rotatable bonds is 7. The van der Waals surface area contributed by atoms with E-state index >= 15 is 0 Å². The summed E-state index contributed by atoms with van der Waals surface area (Å²) >= 11 is 3.58. The normalized spacial score (nSPS) is 15.8. The molecule has 3 aromatic heterocycles. The van der Waals surface area contributed by atoms with E-state index in [4.69, 9.17) is 4.98 Å². The van der Waals surface area contributed by atoms with E-state index in [-0.39, 0.29) is 11.9 Å². The molecule has 1 fully saturated rings. The lowest BCUT2D eigenvalue weighted by atomic mass is 9.94. The number of hydrogen-bond donors (Lipinski definition) is 2. The average Bonchev–Trinajstić information content (AvgIpc) is 3.29. The van der Waals surface area contributed by atoms with Crippen LogP contribution in [-0.2, 0) is 13.0 Å². The molecule has 1 saturated heterocycles. The maximum atomic E-state index is 12.9. The maximum Gasteiger partial charge on any atom is 0.317 e. The number of benzene rings is 1. The van der Waals surface area contributed by atoms with Crippen LogP contribution < -0.4 is 10.6 Å². The van der Waals surface area contributed by atoms with Crippen LogP contribution in [0.2, 0.25) is 0 Å². The van der Waals surface area contributed by atoms with Gasteiger partial charge in [-0.15, -0.1) is 0 Å². The number of piperidine rings is 1. The van der Waals surface area contributed by atoms with Crippen LogP contribution in [0, 0.1) is 0 Å². The number of pyridine rings is 1. The predicted octanol–water partition coefficient (Wildman–Crippen LogP) is 4.63. The summed E-state index contributed by atoms with van der Waals surface area (Å²) in [4.78, 5) is 23.9. The number of urea groups is 1. The lowest BCUT2D eigenvalue weighted by Gasteiger charge is -2.32. The highest BCUT2D eigenvalue weighted by atomic mass is 79.9. The second-order valence-electron chi connectivity index (χ2n) is 8.76. The second-order valence-corrected chi connectivity index (χ2v) is 9.62. The lowest BCUT2D eigenvalue weighted by Crippen LogP contribution is -2.45. The Labute approximate surface area is 212 Å². The first kappa shape index (κ1) is 23.3. The SMILES string of the molecule is O=C(NCCc1ccccc1)N1CCCC(c2cc(NCc3cccnc3)n3ncc(Br)c3n2)C1. The summed E-state index contributed by atoms with van der Waals surface area (Å²) in [6.07, 6.45) is 8.13. The summed E-state index contributed by atoms with van der Waals surface area (Å²) in [6.45, 7) is 2.66. The monoisotopic (exact) mass is 533 g/mol. The standard InChI is InChI=1S/C26H28BrN7O/c27-22-17-31-34-24(30-16-20-8-4-11-28-15-20)14-23(32-25(22)34)21-9-5-13-33(18-21)26(35)29-12-10-19-6-2-1-3-7-19/h1-4,6-8,11,14-15,17,21,30H,5,9-10,12-13,16,18H2,(H,29,35). The number of carbonyl (C=O) groups is 1. The molecule has 2 N–H and O–H groups in total. The maximum absolute atomic E-state index is 12.9. The van der Waals surface area contributed by atoms with Crippen LogP contribution in [0.3, 0.4) is 0 Å². The molecule has 1 aliphatic heterocycles. The summed E-state index contributed by atoms with van der Waals surface area (Å²) < 4.78 is 2.65. The second kappa shape index (κ2) is 10.9. The third-order valence-electron chi connectivity index (χ3n) is 6.30. The van der Waals surface area contributed by atoms with Gasteiger partial charge in [0.1, 0.15) is 5.82 Å². The van der Waals surface area contributed by atoms with E-state index in [0.29, 0.717) is 19.6 Å². The predicted molar refractivity (Wildman–Crippen MR) is 139 cm³/mol. The number of likely N-dealkylation sites (tertiary alicyclic amines) is 1. The minimum Gasteiger partial charge on any atom is -0.366 e. The van der Waals surface area contributed by atoms with Crippen molar-refractivity contribution in [3.63, 3.8) is 0 Å². The van der Waals surface area contributed by atoms with Crippen LogP contribution in [0.4, 0.5) is 10.6 Å². The number of fused-ring (bicyclic) bond motifs is 1. The molecule has 1 atom stereocenters. The smallest absolute Gasteiger partial charge is 0.317 e. The van der Waals surface area contributed by atoms with Gasteiger partial charge in [-0.25, -0.2) is 9.78 Å². The van der Waals surface area contributed by atoms with E-state index in [1.807, 2.05) is 41.4 Å². The van der Waals surface area contributed by atoms with Crippen LogP contribution in [0.5, 0.6) is 0 Å². The Bertz CT molecular complexity index is 1280. The van der Waals surface area contributed by atoms with E-state index in [0.717, 1.165) is 53.0 Å². The zero-order valence-electron chi connectivity index (χ0n) is 19.4. The Morgan fingerprint density at radius 3 is 2.80 bits per heavy atom. The fourth-order valence-electron chi connectivity index (χ4n) is 4.46. The number of hydrogen-bond acceptors (Lipinski definition) is 5. The summed E-state index contributed by atoms with van der Waals surface area (Å²) in [6, 6.07) is 16.2. The number of halogens is 1. The molecule has 1 aliphatic rings. The van der Waals surface area contributed by atoms with E-state index in [1.54, 1.807) is 16.9 Å². The lowest BCUT2D eigenvalue weighted by molar-refractivity contribution is 0.179. The number of nitrogens with zero attached hydrogens (tertiary/aromatic N) is 5. The van der Waals surface area contributed by atoms with Crippen molar-refractivity contribution in [2.45, 2.75) is 31.7 Å². The fraction of sp³-hybridized carbons (Fsp3) is 0.308. The van der Waals surface area contributed by atoms with Gasteiger partial charge in [0.25, 0.3) is 0 Å². The molecule has 180 valence electrons. The highest BCUT2D eigenvalue weighted by Crippen LogP contribution is 2.30. The van der Waals surface area contributed by atoms with Crippen LogP contribution in [-0.4, -0.2) is 50.1 Å². The molecule has 0 aliphatic carbocycles. The average molecular weight is 534 g/mol. The third-order valence-corrected chi connectivity index (χ3v) is 6.86. The van der Waals surface area contributed by atoms with E-state index in [1.165, 1.54) is 5.56 Å². The van der Waals surface area contributed by atoms with Gasteiger partial charge in [-0.05, 0) is 52.4 Å². The van der Waals surface area contributed by atoms with Crippen molar-refractivity contribution in [1.82, 2.24) is 29.8 Å². The molecule has 1 aromatic carbocycles. The van der Waals surface area contributed by atoms with Crippen molar-refractivity contribution in [1.29, 1.82) is 0 Å². The molecule has 35 heavy (non-hydrogen) atoms. The van der Waals surface area contributed by atoms with Gasteiger partial charge in [-0.2, -0.15) is 9.61 Å². The third kappa shape index (κ3) is 5.62. The Morgan fingerprint density at radius 1 is 1.11 bits per heavy atom. The topological polar surface area (TPSA) is 87.5 Å². The van der Waals surface area contributed by atoms with Crippen LogP contribution in [0.25, 0.3) is 5.65 Å². The van der Waals surface area contributed by atoms with Crippen LogP contribution in [0.15, 0.2) is 71.6 Å². The van der Waals surface area contributed by atoms with Crippen LogP contribution >= 0.6 is 15.9 Å². The van der Waals surface area contributed by atoms with Gasteiger partial charge < -0.3 is 15.5 Å². The summed E-state index contributed by atoms with van der Waals surface area (Å²) in [5.41, 5.74) is 4.04. The summed E-state index contributed by atoms with van der Waals surface area (Å²) in [5, 5.41) is 11.0. The highest BCUT2D eigenvalue weighted by molar-refractivity contribution is 9.10. The van der Waals surface area contributed by atoms with E-state index in [2.05, 4.69) is 54.8 Å². The molecule has 9 heteroatoms.